The highest BCUT2D eigenvalue weighted by Gasteiger charge is 2.39. The number of nitrogens with zero attached hydrogens (tertiary/aromatic N) is 1. The second kappa shape index (κ2) is 3.02. The zero-order valence-corrected chi connectivity index (χ0v) is 8.55. The molecule has 2 heterocycles. The molecule has 0 aromatic rings. The third-order valence-corrected chi connectivity index (χ3v) is 4.14. The fourth-order valence-corrected chi connectivity index (χ4v) is 3.11. The van der Waals surface area contributed by atoms with E-state index in [1.54, 1.807) is 0 Å². The van der Waals surface area contributed by atoms with Crippen LogP contribution in [0.25, 0.3) is 0 Å². The Morgan fingerprint density at radius 2 is 1.92 bits per heavy atom. The Balaban J connectivity index is 2.06. The SMILES string of the molecule is C[C@H]1CC[N@+]2(C)CCCC[C@H]2C1. The summed E-state index contributed by atoms with van der Waals surface area (Å²) in [5.74, 6) is 0.999. The molecule has 0 spiro atoms. The predicted molar refractivity (Wildman–Crippen MR) is 52.0 cm³/mol. The van der Waals surface area contributed by atoms with Crippen molar-refractivity contribution in [3.05, 3.63) is 0 Å². The Bertz CT molecular complexity index is 166. The molecule has 0 aromatic carbocycles. The van der Waals surface area contributed by atoms with Crippen LogP contribution in [0.4, 0.5) is 0 Å². The molecule has 1 heteroatoms. The first-order chi connectivity index (χ1) is 5.71. The first-order valence-electron chi connectivity index (χ1n) is 5.55. The van der Waals surface area contributed by atoms with Crippen LogP contribution in [0.2, 0.25) is 0 Å². The van der Waals surface area contributed by atoms with Gasteiger partial charge >= 0.3 is 0 Å². The minimum atomic E-state index is 0.999. The van der Waals surface area contributed by atoms with Crippen LogP contribution in [0.15, 0.2) is 0 Å². The largest absolute Gasteiger partial charge is 0.324 e. The number of hydrogen-bond donors (Lipinski definition) is 0. The van der Waals surface area contributed by atoms with E-state index in [0.717, 1.165) is 12.0 Å². The average molecular weight is 168 g/mol. The van der Waals surface area contributed by atoms with Crippen LogP contribution in [-0.2, 0) is 0 Å². The van der Waals surface area contributed by atoms with E-state index in [9.17, 15) is 0 Å². The van der Waals surface area contributed by atoms with Crippen molar-refractivity contribution in [2.45, 2.75) is 45.1 Å². The summed E-state index contributed by atoms with van der Waals surface area (Å²) >= 11 is 0. The Morgan fingerprint density at radius 1 is 1.08 bits per heavy atom. The Morgan fingerprint density at radius 3 is 2.75 bits per heavy atom. The molecule has 2 aliphatic heterocycles. The first kappa shape index (κ1) is 8.55. The third kappa shape index (κ3) is 1.39. The van der Waals surface area contributed by atoms with E-state index in [2.05, 4.69) is 14.0 Å². The van der Waals surface area contributed by atoms with E-state index < -0.39 is 0 Å². The second-order valence-corrected chi connectivity index (χ2v) is 5.21. The lowest BCUT2D eigenvalue weighted by Crippen LogP contribution is -2.58. The van der Waals surface area contributed by atoms with E-state index in [1.165, 1.54) is 49.7 Å². The monoisotopic (exact) mass is 168 g/mol. The maximum absolute atomic E-state index is 2.48. The third-order valence-electron chi connectivity index (χ3n) is 4.14. The van der Waals surface area contributed by atoms with Crippen LogP contribution in [0.5, 0.6) is 0 Å². The molecule has 0 aliphatic carbocycles. The van der Waals surface area contributed by atoms with Gasteiger partial charge in [0.15, 0.2) is 0 Å². The van der Waals surface area contributed by atoms with Crippen molar-refractivity contribution in [1.29, 1.82) is 0 Å². The van der Waals surface area contributed by atoms with Crippen LogP contribution >= 0.6 is 0 Å². The fraction of sp³-hybridized carbons (Fsp3) is 1.00. The van der Waals surface area contributed by atoms with E-state index in [0.29, 0.717) is 0 Å². The highest BCUT2D eigenvalue weighted by Crippen LogP contribution is 2.34. The molecule has 3 atom stereocenters. The summed E-state index contributed by atoms with van der Waals surface area (Å²) in [6.45, 7) is 5.33. The van der Waals surface area contributed by atoms with Gasteiger partial charge in [0.05, 0.1) is 26.2 Å². The molecule has 70 valence electrons. The van der Waals surface area contributed by atoms with Crippen LogP contribution in [0.1, 0.15) is 39.0 Å². The molecule has 2 aliphatic rings. The molecular formula is C11H22N+. The van der Waals surface area contributed by atoms with Gasteiger partial charge in [0.25, 0.3) is 0 Å². The summed E-state index contributed by atoms with van der Waals surface area (Å²) in [6.07, 6.45) is 7.43. The van der Waals surface area contributed by atoms with Gasteiger partial charge < -0.3 is 4.48 Å². The summed E-state index contributed by atoms with van der Waals surface area (Å²) in [5.41, 5.74) is 0. The van der Waals surface area contributed by atoms with Gasteiger partial charge in [-0.15, -0.1) is 0 Å². The maximum Gasteiger partial charge on any atom is 0.0890 e. The van der Waals surface area contributed by atoms with Gasteiger partial charge in [0, 0.05) is 6.42 Å². The molecule has 2 rings (SSSR count). The molecule has 0 N–H and O–H groups in total. The molecule has 0 bridgehead atoms. The highest BCUT2D eigenvalue weighted by molar-refractivity contribution is 4.73. The smallest absolute Gasteiger partial charge is 0.0890 e. The zero-order valence-electron chi connectivity index (χ0n) is 8.55. The molecule has 0 aromatic heterocycles. The van der Waals surface area contributed by atoms with Crippen molar-refractivity contribution >= 4 is 0 Å². The standard InChI is InChI=1S/C11H22N/c1-10-6-8-12(2)7-4-3-5-11(12)9-10/h10-11H,3-9H2,1-2H3/q+1/t10-,11-,12-/m0/s1. The van der Waals surface area contributed by atoms with Gasteiger partial charge in [-0.25, -0.2) is 0 Å². The lowest BCUT2D eigenvalue weighted by atomic mass is 9.85. The molecule has 12 heavy (non-hydrogen) atoms. The van der Waals surface area contributed by atoms with Crippen LogP contribution in [0, 0.1) is 5.92 Å². The van der Waals surface area contributed by atoms with E-state index in [1.807, 2.05) is 0 Å². The van der Waals surface area contributed by atoms with Crippen molar-refractivity contribution in [2.24, 2.45) is 5.92 Å². The van der Waals surface area contributed by atoms with Gasteiger partial charge in [-0.2, -0.15) is 0 Å². The molecule has 0 saturated carbocycles. The lowest BCUT2D eigenvalue weighted by molar-refractivity contribution is -0.944. The highest BCUT2D eigenvalue weighted by atomic mass is 15.4. The zero-order chi connectivity index (χ0) is 8.60. The summed E-state index contributed by atoms with van der Waals surface area (Å²) in [7, 11) is 2.48. The summed E-state index contributed by atoms with van der Waals surface area (Å²) in [5, 5.41) is 0. The van der Waals surface area contributed by atoms with E-state index >= 15 is 0 Å². The fourth-order valence-electron chi connectivity index (χ4n) is 3.11. The average Bonchev–Trinajstić information content (AvgIpc) is 2.06. The van der Waals surface area contributed by atoms with Gasteiger partial charge in [-0.1, -0.05) is 6.92 Å². The predicted octanol–water partition coefficient (Wildman–Crippen LogP) is 2.42. The normalized spacial score (nSPS) is 48.5. The first-order valence-corrected chi connectivity index (χ1v) is 5.55. The summed E-state index contributed by atoms with van der Waals surface area (Å²) in [6, 6.07) is 1.02. The van der Waals surface area contributed by atoms with Crippen molar-refractivity contribution < 1.29 is 4.48 Å². The van der Waals surface area contributed by atoms with Crippen molar-refractivity contribution in [3.8, 4) is 0 Å². The molecule has 2 saturated heterocycles. The molecule has 2 fully saturated rings. The molecule has 0 radical (unpaired) electrons. The second-order valence-electron chi connectivity index (χ2n) is 5.21. The Kier molecular flexibility index (Phi) is 2.16. The van der Waals surface area contributed by atoms with Crippen molar-refractivity contribution in [2.75, 3.05) is 20.1 Å². The minimum Gasteiger partial charge on any atom is -0.324 e. The number of rotatable bonds is 0. The number of hydrogen-bond acceptors (Lipinski definition) is 0. The summed E-state index contributed by atoms with van der Waals surface area (Å²) in [4.78, 5) is 0. The van der Waals surface area contributed by atoms with Gasteiger partial charge in [0.1, 0.15) is 0 Å². The lowest BCUT2D eigenvalue weighted by Gasteiger charge is -2.49. The number of fused-ring (bicyclic) bond motifs is 1. The number of piperidine rings is 2. The molecule has 0 unspecified atom stereocenters. The molecular weight excluding hydrogens is 146 g/mol. The maximum atomic E-state index is 2.48. The van der Waals surface area contributed by atoms with Crippen LogP contribution in [0.3, 0.4) is 0 Å². The quantitative estimate of drug-likeness (QED) is 0.487. The Hall–Kier alpha value is -0.0400. The topological polar surface area (TPSA) is 0 Å². The molecule has 1 nitrogen and oxygen atoms in total. The van der Waals surface area contributed by atoms with Gasteiger partial charge in [-0.05, 0) is 31.6 Å². The van der Waals surface area contributed by atoms with E-state index in [-0.39, 0.29) is 0 Å². The van der Waals surface area contributed by atoms with Crippen molar-refractivity contribution in [3.63, 3.8) is 0 Å². The van der Waals surface area contributed by atoms with Crippen molar-refractivity contribution in [1.82, 2.24) is 0 Å². The van der Waals surface area contributed by atoms with Gasteiger partial charge in [-0.3, -0.25) is 0 Å². The number of quaternary nitrogens is 1. The summed E-state index contributed by atoms with van der Waals surface area (Å²) < 4.78 is 1.41. The van der Waals surface area contributed by atoms with E-state index in [4.69, 9.17) is 0 Å². The van der Waals surface area contributed by atoms with Gasteiger partial charge in [0.2, 0.25) is 0 Å². The van der Waals surface area contributed by atoms with Crippen LogP contribution in [-0.4, -0.2) is 30.7 Å². The molecule has 0 amide bonds. The Labute approximate surface area is 76.3 Å². The minimum absolute atomic E-state index is 0.999. The van der Waals surface area contributed by atoms with Crippen LogP contribution < -0.4 is 0 Å².